The zero-order chi connectivity index (χ0) is 11.5. The fraction of sp³-hybridized carbons (Fsp3) is 0. The van der Waals surface area contributed by atoms with Crippen LogP contribution in [0.25, 0.3) is 0 Å². The van der Waals surface area contributed by atoms with E-state index in [-0.39, 0.29) is 0 Å². The van der Waals surface area contributed by atoms with Gasteiger partial charge in [0.25, 0.3) is 0 Å². The van der Waals surface area contributed by atoms with E-state index in [9.17, 15) is 0 Å². The van der Waals surface area contributed by atoms with Crippen molar-refractivity contribution >= 4 is 68.1 Å². The number of hydrogen-bond acceptors (Lipinski definition) is 1. The van der Waals surface area contributed by atoms with Gasteiger partial charge >= 0.3 is 124 Å². The third-order valence-corrected chi connectivity index (χ3v) is 5.58. The number of nitrogens with two attached hydrogens (primary N) is 1. The average Bonchev–Trinajstić information content (AvgIpc) is 2.27. The van der Waals surface area contributed by atoms with E-state index in [0.717, 1.165) is 13.7 Å². The Labute approximate surface area is 123 Å². The van der Waals surface area contributed by atoms with Crippen LogP contribution in [-0.2, 0) is 0 Å². The van der Waals surface area contributed by atoms with Crippen molar-refractivity contribution in [2.45, 2.75) is 0 Å². The molecule has 0 fully saturated rings. The number of benzene rings is 2. The summed E-state index contributed by atoms with van der Waals surface area (Å²) in [6, 6.07) is 14.7. The van der Waals surface area contributed by atoms with E-state index in [0.29, 0.717) is 15.0 Å². The Kier molecular flexibility index (Phi) is 4.30. The number of nitrogen functional groups attached to an aromatic ring is 1. The maximum absolute atomic E-state index is 5.80. The van der Waals surface area contributed by atoms with Crippen LogP contribution in [0.5, 0.6) is 0 Å². The molecule has 0 saturated carbocycles. The molecule has 4 heteroatoms. The number of hydrogen-bond donors (Lipinski definition) is 1. The van der Waals surface area contributed by atoms with Gasteiger partial charge in [-0.25, -0.2) is 0 Å². The molecule has 0 aliphatic rings. The van der Waals surface area contributed by atoms with Crippen molar-refractivity contribution in [1.29, 1.82) is 0 Å². The van der Waals surface area contributed by atoms with E-state index in [1.807, 2.05) is 6.07 Å². The van der Waals surface area contributed by atoms with Gasteiger partial charge < -0.3 is 0 Å². The van der Waals surface area contributed by atoms with Gasteiger partial charge in [-0.2, -0.15) is 0 Å². The maximum atomic E-state index is 5.80. The molecular formula is C12H9BrINSe. The first-order valence-corrected chi connectivity index (χ1v) is 8.22. The normalized spacial score (nSPS) is 10.4. The second-order valence-electron chi connectivity index (χ2n) is 3.24. The van der Waals surface area contributed by atoms with Gasteiger partial charge in [-0.3, -0.25) is 0 Å². The predicted molar refractivity (Wildman–Crippen MR) is 82.7 cm³/mol. The molecule has 82 valence electrons. The van der Waals surface area contributed by atoms with E-state index in [1.54, 1.807) is 0 Å². The molecule has 2 rings (SSSR count). The minimum atomic E-state index is 0.355. The van der Waals surface area contributed by atoms with Gasteiger partial charge in [-0.05, 0) is 0 Å². The Bertz CT molecular complexity index is 499. The molecule has 1 nitrogen and oxygen atoms in total. The summed E-state index contributed by atoms with van der Waals surface area (Å²) >= 11 is 6.07. The third kappa shape index (κ3) is 3.23. The van der Waals surface area contributed by atoms with E-state index in [4.69, 9.17) is 5.73 Å². The van der Waals surface area contributed by atoms with Crippen LogP contribution in [0.3, 0.4) is 0 Å². The van der Waals surface area contributed by atoms with Crippen LogP contribution in [0, 0.1) is 3.57 Å². The van der Waals surface area contributed by atoms with Crippen LogP contribution >= 0.6 is 38.5 Å². The molecule has 0 spiro atoms. The second-order valence-corrected chi connectivity index (χ2v) is 7.72. The van der Waals surface area contributed by atoms with Gasteiger partial charge in [-0.1, -0.05) is 0 Å². The van der Waals surface area contributed by atoms with Gasteiger partial charge in [0.05, 0.1) is 0 Å². The van der Waals surface area contributed by atoms with Crippen molar-refractivity contribution < 1.29 is 0 Å². The summed E-state index contributed by atoms with van der Waals surface area (Å²) in [5.74, 6) is 0. The Morgan fingerprint density at radius 3 is 2.25 bits per heavy atom. The summed E-state index contributed by atoms with van der Waals surface area (Å²) in [4.78, 5) is 0. The van der Waals surface area contributed by atoms with E-state index in [1.165, 1.54) is 8.92 Å². The standard InChI is InChI=1S/C12H9BrINSe/c13-8-1-3-9(4-2-8)16-10-5-6-12(15)11(14)7-10/h1-7H,15H2. The summed E-state index contributed by atoms with van der Waals surface area (Å²) in [7, 11) is 0. The molecule has 2 aromatic rings. The monoisotopic (exact) mass is 453 g/mol. The molecule has 16 heavy (non-hydrogen) atoms. The van der Waals surface area contributed by atoms with Crippen molar-refractivity contribution in [1.82, 2.24) is 0 Å². The summed E-state index contributed by atoms with van der Waals surface area (Å²) in [5.41, 5.74) is 6.65. The molecule has 0 atom stereocenters. The quantitative estimate of drug-likeness (QED) is 0.422. The van der Waals surface area contributed by atoms with Gasteiger partial charge in [0.1, 0.15) is 0 Å². The topological polar surface area (TPSA) is 26.0 Å². The summed E-state index contributed by atoms with van der Waals surface area (Å²) < 4.78 is 4.98. The van der Waals surface area contributed by atoms with Crippen LogP contribution in [0.15, 0.2) is 46.9 Å². The van der Waals surface area contributed by atoms with Crippen LogP contribution in [0.2, 0.25) is 0 Å². The third-order valence-electron chi connectivity index (χ3n) is 2.02. The molecule has 2 aromatic carbocycles. The van der Waals surface area contributed by atoms with Gasteiger partial charge in [-0.15, -0.1) is 0 Å². The fourth-order valence-electron chi connectivity index (χ4n) is 1.21. The number of rotatable bonds is 2. The van der Waals surface area contributed by atoms with Crippen molar-refractivity contribution in [3.8, 4) is 0 Å². The molecule has 0 aromatic heterocycles. The van der Waals surface area contributed by atoms with Gasteiger partial charge in [0.2, 0.25) is 0 Å². The summed E-state index contributed by atoms with van der Waals surface area (Å²) in [6.45, 7) is 0. The Morgan fingerprint density at radius 2 is 1.62 bits per heavy atom. The molecule has 0 radical (unpaired) electrons. The molecule has 0 amide bonds. The molecule has 0 bridgehead atoms. The van der Waals surface area contributed by atoms with Gasteiger partial charge in [0.15, 0.2) is 0 Å². The Balaban J connectivity index is 2.20. The van der Waals surface area contributed by atoms with Crippen LogP contribution in [0.1, 0.15) is 0 Å². The van der Waals surface area contributed by atoms with Crippen LogP contribution in [-0.4, -0.2) is 15.0 Å². The first-order chi connectivity index (χ1) is 7.65. The number of halogens is 2. The fourth-order valence-corrected chi connectivity index (χ4v) is 4.26. The first kappa shape index (κ1) is 12.4. The molecule has 0 aliphatic carbocycles. The van der Waals surface area contributed by atoms with E-state index < -0.39 is 0 Å². The minimum absolute atomic E-state index is 0.355. The zero-order valence-corrected chi connectivity index (χ0v) is 13.7. The molecule has 0 heterocycles. The van der Waals surface area contributed by atoms with Gasteiger partial charge in [0, 0.05) is 0 Å². The number of anilines is 1. The first-order valence-electron chi connectivity index (χ1n) is 4.63. The second kappa shape index (κ2) is 5.54. The van der Waals surface area contributed by atoms with Crippen LogP contribution < -0.4 is 14.7 Å². The van der Waals surface area contributed by atoms with Crippen LogP contribution in [0.4, 0.5) is 5.69 Å². The average molecular weight is 453 g/mol. The van der Waals surface area contributed by atoms with Crippen molar-refractivity contribution in [3.63, 3.8) is 0 Å². The Morgan fingerprint density at radius 1 is 1.00 bits per heavy atom. The van der Waals surface area contributed by atoms with E-state index in [2.05, 4.69) is 74.9 Å². The molecular weight excluding hydrogens is 444 g/mol. The molecule has 0 unspecified atom stereocenters. The SMILES string of the molecule is Nc1ccc([Se]c2ccc(Br)cc2)cc1I. The van der Waals surface area contributed by atoms with Crippen molar-refractivity contribution in [2.75, 3.05) is 5.73 Å². The van der Waals surface area contributed by atoms with Crippen molar-refractivity contribution in [2.24, 2.45) is 0 Å². The predicted octanol–water partition coefficient (Wildman–Crippen LogP) is 2.29. The summed E-state index contributed by atoms with van der Waals surface area (Å²) in [6.07, 6.45) is 0. The summed E-state index contributed by atoms with van der Waals surface area (Å²) in [5, 5.41) is 0. The molecule has 0 saturated heterocycles. The Hall–Kier alpha value is -0.0305. The molecule has 2 N–H and O–H groups in total. The van der Waals surface area contributed by atoms with E-state index >= 15 is 0 Å². The van der Waals surface area contributed by atoms with Crippen molar-refractivity contribution in [3.05, 3.63) is 50.5 Å². The molecule has 0 aliphatic heterocycles. The zero-order valence-electron chi connectivity index (χ0n) is 8.28.